The van der Waals surface area contributed by atoms with E-state index in [1.807, 2.05) is 6.07 Å². The number of hydrogen-bond acceptors (Lipinski definition) is 4. The summed E-state index contributed by atoms with van der Waals surface area (Å²) in [7, 11) is 3.38. The molecule has 0 spiro atoms. The molecule has 0 unspecified atom stereocenters. The maximum absolute atomic E-state index is 5.41. The topological polar surface area (TPSA) is 24.9 Å². The smallest absolute Gasteiger partial charge is 0.161 e. The number of nitrogens with zero attached hydrogens (tertiary/aromatic N) is 2. The first-order chi connectivity index (χ1) is 11.3. The highest BCUT2D eigenvalue weighted by molar-refractivity contribution is 5.42. The van der Waals surface area contributed by atoms with Crippen LogP contribution in [-0.4, -0.2) is 56.2 Å². The number of hydrogen-bond donors (Lipinski definition) is 0. The van der Waals surface area contributed by atoms with E-state index < -0.39 is 0 Å². The molecule has 2 heterocycles. The zero-order chi connectivity index (χ0) is 16.1. The first-order valence-electron chi connectivity index (χ1n) is 8.97. The van der Waals surface area contributed by atoms with Gasteiger partial charge in [-0.2, -0.15) is 0 Å². The molecule has 0 aliphatic carbocycles. The van der Waals surface area contributed by atoms with E-state index in [1.54, 1.807) is 14.2 Å². The minimum absolute atomic E-state index is 0.806. The Morgan fingerprint density at radius 2 is 1.61 bits per heavy atom. The first kappa shape index (κ1) is 16.6. The molecule has 3 rings (SSSR count). The summed E-state index contributed by atoms with van der Waals surface area (Å²) in [5.41, 5.74) is 1.30. The van der Waals surface area contributed by atoms with E-state index in [1.165, 1.54) is 63.8 Å². The van der Waals surface area contributed by atoms with Crippen molar-refractivity contribution in [2.45, 2.75) is 44.7 Å². The van der Waals surface area contributed by atoms with Gasteiger partial charge < -0.3 is 14.4 Å². The van der Waals surface area contributed by atoms with E-state index >= 15 is 0 Å². The fourth-order valence-corrected chi connectivity index (χ4v) is 3.96. The van der Waals surface area contributed by atoms with Crippen molar-refractivity contribution in [2.24, 2.45) is 0 Å². The molecule has 0 amide bonds. The minimum Gasteiger partial charge on any atom is -0.493 e. The summed E-state index contributed by atoms with van der Waals surface area (Å²) in [4.78, 5) is 5.30. The lowest BCUT2D eigenvalue weighted by molar-refractivity contribution is 0.0896. The fourth-order valence-electron chi connectivity index (χ4n) is 3.96. The molecule has 2 aliphatic rings. The van der Waals surface area contributed by atoms with Crippen molar-refractivity contribution in [3.63, 3.8) is 0 Å². The minimum atomic E-state index is 0.806. The van der Waals surface area contributed by atoms with Crippen LogP contribution in [0.1, 0.15) is 37.7 Å². The highest BCUT2D eigenvalue weighted by Gasteiger charge is 2.25. The number of methoxy groups -OCH3 is 2. The van der Waals surface area contributed by atoms with E-state index in [-0.39, 0.29) is 0 Å². The Morgan fingerprint density at radius 3 is 2.26 bits per heavy atom. The maximum atomic E-state index is 5.41. The molecule has 0 radical (unpaired) electrons. The maximum Gasteiger partial charge on any atom is 0.161 e. The molecule has 128 valence electrons. The molecule has 0 saturated carbocycles. The number of piperidine rings is 2. The van der Waals surface area contributed by atoms with Gasteiger partial charge in [-0.3, -0.25) is 4.90 Å². The van der Waals surface area contributed by atoms with Crippen LogP contribution in [-0.2, 0) is 6.54 Å². The Kier molecular flexibility index (Phi) is 5.79. The zero-order valence-electron chi connectivity index (χ0n) is 14.6. The molecule has 0 aromatic heterocycles. The van der Waals surface area contributed by atoms with Gasteiger partial charge in [0, 0.05) is 12.6 Å². The van der Waals surface area contributed by atoms with Crippen molar-refractivity contribution in [1.82, 2.24) is 9.80 Å². The van der Waals surface area contributed by atoms with E-state index in [0.29, 0.717) is 0 Å². The molecule has 0 bridgehead atoms. The van der Waals surface area contributed by atoms with E-state index in [2.05, 4.69) is 21.9 Å². The first-order valence-corrected chi connectivity index (χ1v) is 8.97. The molecule has 2 saturated heterocycles. The van der Waals surface area contributed by atoms with Crippen LogP contribution in [0.25, 0.3) is 0 Å². The molecule has 23 heavy (non-hydrogen) atoms. The summed E-state index contributed by atoms with van der Waals surface area (Å²) in [6.45, 7) is 6.05. The fraction of sp³-hybridized carbons (Fsp3) is 0.684. The van der Waals surface area contributed by atoms with Gasteiger partial charge in [-0.25, -0.2) is 0 Å². The highest BCUT2D eigenvalue weighted by Crippen LogP contribution is 2.29. The SMILES string of the molecule is COc1ccc(CN2CCC(N3CCCCC3)CC2)cc1OC. The predicted octanol–water partition coefficient (Wildman–Crippen LogP) is 3.15. The lowest BCUT2D eigenvalue weighted by Gasteiger charge is -2.40. The number of likely N-dealkylation sites (tertiary alicyclic amines) is 2. The van der Waals surface area contributed by atoms with Crippen molar-refractivity contribution < 1.29 is 9.47 Å². The molecule has 1 aromatic rings. The Hall–Kier alpha value is -1.26. The third kappa shape index (κ3) is 4.18. The summed E-state index contributed by atoms with van der Waals surface area (Å²) >= 11 is 0. The second-order valence-electron chi connectivity index (χ2n) is 6.79. The quantitative estimate of drug-likeness (QED) is 0.832. The largest absolute Gasteiger partial charge is 0.493 e. The summed E-state index contributed by atoms with van der Waals surface area (Å²) in [6, 6.07) is 7.08. The monoisotopic (exact) mass is 318 g/mol. The average Bonchev–Trinajstić information content (AvgIpc) is 2.63. The molecule has 1 aromatic carbocycles. The molecular formula is C19H30N2O2. The van der Waals surface area contributed by atoms with Crippen LogP contribution in [0.4, 0.5) is 0 Å². The second-order valence-corrected chi connectivity index (χ2v) is 6.79. The lowest BCUT2D eigenvalue weighted by Crippen LogP contribution is -2.46. The Labute approximate surface area is 140 Å². The van der Waals surface area contributed by atoms with Gasteiger partial charge in [0.25, 0.3) is 0 Å². The summed E-state index contributed by atoms with van der Waals surface area (Å²) < 4.78 is 10.7. The highest BCUT2D eigenvalue weighted by atomic mass is 16.5. The normalized spacial score (nSPS) is 21.3. The van der Waals surface area contributed by atoms with Crippen molar-refractivity contribution in [3.05, 3.63) is 23.8 Å². The van der Waals surface area contributed by atoms with E-state index in [0.717, 1.165) is 24.1 Å². The van der Waals surface area contributed by atoms with Crippen LogP contribution in [0, 0.1) is 0 Å². The van der Waals surface area contributed by atoms with Crippen molar-refractivity contribution >= 4 is 0 Å². The third-order valence-electron chi connectivity index (χ3n) is 5.32. The Balaban J connectivity index is 1.52. The average molecular weight is 318 g/mol. The van der Waals surface area contributed by atoms with Crippen LogP contribution in [0.15, 0.2) is 18.2 Å². The van der Waals surface area contributed by atoms with Gasteiger partial charge in [0.05, 0.1) is 14.2 Å². The van der Waals surface area contributed by atoms with Crippen LogP contribution in [0.3, 0.4) is 0 Å². The molecule has 0 atom stereocenters. The third-order valence-corrected chi connectivity index (χ3v) is 5.32. The predicted molar refractivity (Wildman–Crippen MR) is 93.3 cm³/mol. The van der Waals surface area contributed by atoms with Crippen LogP contribution >= 0.6 is 0 Å². The Morgan fingerprint density at radius 1 is 0.913 bits per heavy atom. The number of benzene rings is 1. The zero-order valence-corrected chi connectivity index (χ0v) is 14.6. The number of ether oxygens (including phenoxy) is 2. The summed E-state index contributed by atoms with van der Waals surface area (Å²) in [5.74, 6) is 1.63. The molecule has 0 N–H and O–H groups in total. The van der Waals surface area contributed by atoms with Crippen molar-refractivity contribution in [1.29, 1.82) is 0 Å². The van der Waals surface area contributed by atoms with Gasteiger partial charge >= 0.3 is 0 Å². The summed E-state index contributed by atoms with van der Waals surface area (Å²) in [6.07, 6.45) is 6.84. The van der Waals surface area contributed by atoms with Gasteiger partial charge in [0.15, 0.2) is 11.5 Å². The second kappa shape index (κ2) is 8.02. The number of rotatable bonds is 5. The Bertz CT molecular complexity index is 492. The molecule has 4 nitrogen and oxygen atoms in total. The van der Waals surface area contributed by atoms with E-state index in [9.17, 15) is 0 Å². The molecular weight excluding hydrogens is 288 g/mol. The molecule has 2 aliphatic heterocycles. The lowest BCUT2D eigenvalue weighted by atomic mass is 9.99. The van der Waals surface area contributed by atoms with E-state index in [4.69, 9.17) is 9.47 Å². The van der Waals surface area contributed by atoms with Crippen LogP contribution in [0.5, 0.6) is 11.5 Å². The van der Waals surface area contributed by atoms with Crippen LogP contribution < -0.4 is 9.47 Å². The van der Waals surface area contributed by atoms with Gasteiger partial charge in [0.2, 0.25) is 0 Å². The summed E-state index contributed by atoms with van der Waals surface area (Å²) in [5, 5.41) is 0. The van der Waals surface area contributed by atoms with Crippen molar-refractivity contribution in [3.8, 4) is 11.5 Å². The van der Waals surface area contributed by atoms with Crippen molar-refractivity contribution in [2.75, 3.05) is 40.4 Å². The van der Waals surface area contributed by atoms with Gasteiger partial charge in [-0.1, -0.05) is 12.5 Å². The standard InChI is InChI=1S/C19H30N2O2/c1-22-18-7-6-16(14-19(18)23-2)15-20-12-8-17(9-13-20)21-10-4-3-5-11-21/h6-7,14,17H,3-5,8-13,15H2,1-2H3. The van der Waals surface area contributed by atoms with Gasteiger partial charge in [-0.15, -0.1) is 0 Å². The molecule has 2 fully saturated rings. The molecule has 4 heteroatoms. The van der Waals surface area contributed by atoms with Gasteiger partial charge in [-0.05, 0) is 69.6 Å². The van der Waals surface area contributed by atoms with Crippen LogP contribution in [0.2, 0.25) is 0 Å². The van der Waals surface area contributed by atoms with Gasteiger partial charge in [0.1, 0.15) is 0 Å².